The lowest BCUT2D eigenvalue weighted by Gasteiger charge is -2.23. The van der Waals surface area contributed by atoms with Crippen molar-refractivity contribution in [3.8, 4) is 0 Å². The van der Waals surface area contributed by atoms with E-state index in [1.54, 1.807) is 0 Å². The first-order valence-corrected chi connectivity index (χ1v) is 8.73. The quantitative estimate of drug-likeness (QED) is 0.416. The molecule has 0 amide bonds. The monoisotopic (exact) mass is 406 g/mol. The Hall–Kier alpha value is -2.23. The van der Waals surface area contributed by atoms with Gasteiger partial charge in [0.25, 0.3) is 15.7 Å². The zero-order valence-electron chi connectivity index (χ0n) is 12.2. The normalized spacial score (nSPS) is 11.2. The average Bonchev–Trinajstić information content (AvgIpc) is 2.53. The van der Waals surface area contributed by atoms with Crippen LogP contribution in [0.15, 0.2) is 47.4 Å². The summed E-state index contributed by atoms with van der Waals surface area (Å²) in [6, 6.07) is 6.93. The average molecular weight is 407 g/mol. The minimum atomic E-state index is -4.38. The number of nitro groups is 1. The molecular weight excluding hydrogens is 398 g/mol. The fourth-order valence-corrected chi connectivity index (χ4v) is 3.84. The van der Waals surface area contributed by atoms with Crippen molar-refractivity contribution in [3.05, 3.63) is 63.4 Å². The molecule has 2 aromatic carbocycles. The van der Waals surface area contributed by atoms with Gasteiger partial charge in [-0.2, -0.15) is 0 Å². The number of hydrogen-bond acceptors (Lipinski definition) is 5. The van der Waals surface area contributed by atoms with Crippen molar-refractivity contribution in [2.75, 3.05) is 10.8 Å². The van der Waals surface area contributed by atoms with Crippen LogP contribution in [0.2, 0.25) is 5.02 Å². The highest BCUT2D eigenvalue weighted by atomic mass is 35.5. The number of benzene rings is 2. The van der Waals surface area contributed by atoms with Crippen LogP contribution in [-0.2, 0) is 14.8 Å². The second-order valence-electron chi connectivity index (χ2n) is 4.71. The van der Waals surface area contributed by atoms with Crippen molar-refractivity contribution in [2.45, 2.75) is 4.90 Å². The Morgan fingerprint density at radius 3 is 2.32 bits per heavy atom. The molecule has 11 heteroatoms. The third-order valence-electron chi connectivity index (χ3n) is 3.08. The molecule has 0 aliphatic carbocycles. The van der Waals surface area contributed by atoms with Crippen LogP contribution in [0.25, 0.3) is 0 Å². The summed E-state index contributed by atoms with van der Waals surface area (Å²) in [6.45, 7) is -0.817. The number of anilines is 1. The van der Waals surface area contributed by atoms with Crippen LogP contribution in [0.5, 0.6) is 0 Å². The van der Waals surface area contributed by atoms with Crippen LogP contribution in [-0.4, -0.2) is 25.1 Å². The van der Waals surface area contributed by atoms with Gasteiger partial charge in [-0.05, 0) is 41.9 Å². The molecule has 0 heterocycles. The smallest absolute Gasteiger partial charge is 0.271 e. The van der Waals surface area contributed by atoms with Crippen molar-refractivity contribution < 1.29 is 22.5 Å². The van der Waals surface area contributed by atoms with Gasteiger partial charge in [0.15, 0.2) is 0 Å². The molecule has 0 aromatic heterocycles. The van der Waals surface area contributed by atoms with E-state index in [-0.39, 0.29) is 15.6 Å². The summed E-state index contributed by atoms with van der Waals surface area (Å²) in [7, 11) is -4.38. The molecule has 25 heavy (non-hydrogen) atoms. The number of hydrogen-bond donors (Lipinski definition) is 0. The van der Waals surface area contributed by atoms with Crippen molar-refractivity contribution >= 4 is 49.8 Å². The minimum Gasteiger partial charge on any atom is -0.279 e. The molecule has 0 saturated carbocycles. The number of non-ortho nitro benzene ring substituents is 1. The van der Waals surface area contributed by atoms with Crippen molar-refractivity contribution in [3.63, 3.8) is 0 Å². The van der Waals surface area contributed by atoms with Crippen molar-refractivity contribution in [1.82, 2.24) is 0 Å². The fraction of sp³-hybridized carbons (Fsp3) is 0.0714. The summed E-state index contributed by atoms with van der Waals surface area (Å²) < 4.78 is 39.1. The molecule has 0 atom stereocenters. The van der Waals surface area contributed by atoms with Gasteiger partial charge in [0, 0.05) is 12.1 Å². The zero-order chi connectivity index (χ0) is 18.8. The third kappa shape index (κ3) is 4.25. The molecule has 0 spiro atoms. The Bertz CT molecular complexity index is 935. The Balaban J connectivity index is 2.64. The number of rotatable bonds is 6. The second-order valence-corrected chi connectivity index (χ2v) is 7.40. The molecule has 0 N–H and O–H groups in total. The predicted octanol–water partition coefficient (Wildman–Crippen LogP) is 3.35. The van der Waals surface area contributed by atoms with Gasteiger partial charge in [-0.1, -0.05) is 11.6 Å². The van der Waals surface area contributed by atoms with Crippen molar-refractivity contribution in [1.29, 1.82) is 0 Å². The lowest BCUT2D eigenvalue weighted by atomic mass is 10.3. The number of carbonyl (C=O) groups is 1. The molecule has 7 nitrogen and oxygen atoms in total. The lowest BCUT2D eigenvalue weighted by Crippen LogP contribution is -2.34. The standard InChI is InChI=1S/C14H9Cl2FN2O5S/c15-12-6-3-10(19(21)22)7-13(12)18(8-14(16)20)25(23,24)11-4-1-9(17)2-5-11/h1-7H,8H2. The summed E-state index contributed by atoms with van der Waals surface area (Å²) in [6.07, 6.45) is 0. The highest BCUT2D eigenvalue weighted by Crippen LogP contribution is 2.33. The van der Waals surface area contributed by atoms with Gasteiger partial charge in [-0.15, -0.1) is 0 Å². The Morgan fingerprint density at radius 2 is 1.80 bits per heavy atom. The molecule has 2 aromatic rings. The van der Waals surface area contributed by atoms with Gasteiger partial charge in [0.2, 0.25) is 5.24 Å². The molecule has 0 aliphatic heterocycles. The first-order valence-electron chi connectivity index (χ1n) is 6.53. The van der Waals surface area contributed by atoms with Gasteiger partial charge in [0.1, 0.15) is 12.4 Å². The van der Waals surface area contributed by atoms with Crippen LogP contribution in [0.4, 0.5) is 15.8 Å². The number of sulfonamides is 1. The maximum atomic E-state index is 13.0. The molecule has 0 aliphatic rings. The molecule has 0 saturated heterocycles. The first-order chi connectivity index (χ1) is 11.6. The van der Waals surface area contributed by atoms with E-state index in [1.165, 1.54) is 0 Å². The molecular formula is C14H9Cl2FN2O5S. The van der Waals surface area contributed by atoms with E-state index in [2.05, 4.69) is 0 Å². The van der Waals surface area contributed by atoms with Gasteiger partial charge in [0.05, 0.1) is 20.5 Å². The topological polar surface area (TPSA) is 97.6 Å². The highest BCUT2D eigenvalue weighted by Gasteiger charge is 2.29. The van der Waals surface area contributed by atoms with Crippen LogP contribution in [0.1, 0.15) is 0 Å². The van der Waals surface area contributed by atoms with E-state index in [9.17, 15) is 27.7 Å². The predicted molar refractivity (Wildman–Crippen MR) is 89.9 cm³/mol. The zero-order valence-corrected chi connectivity index (χ0v) is 14.6. The molecule has 2 rings (SSSR count). The van der Waals surface area contributed by atoms with Crippen molar-refractivity contribution in [2.24, 2.45) is 0 Å². The summed E-state index contributed by atoms with van der Waals surface area (Å²) in [5, 5.41) is 9.75. The van der Waals surface area contributed by atoms with Crippen LogP contribution in [0, 0.1) is 15.9 Å². The number of nitrogens with zero attached hydrogens (tertiary/aromatic N) is 2. The number of halogens is 3. The molecule has 0 radical (unpaired) electrons. The summed E-state index contributed by atoms with van der Waals surface area (Å²) in [5.41, 5.74) is -0.727. The molecule has 132 valence electrons. The Labute approximate surface area is 151 Å². The van der Waals surface area contributed by atoms with E-state index in [0.717, 1.165) is 42.5 Å². The van der Waals surface area contributed by atoms with Gasteiger partial charge in [-0.25, -0.2) is 12.8 Å². The maximum absolute atomic E-state index is 13.0. The molecule has 0 unspecified atom stereocenters. The summed E-state index contributed by atoms with van der Waals surface area (Å²) in [4.78, 5) is 21.2. The van der Waals surface area contributed by atoms with Crippen LogP contribution in [0.3, 0.4) is 0 Å². The fourth-order valence-electron chi connectivity index (χ4n) is 1.95. The summed E-state index contributed by atoms with van der Waals surface area (Å²) in [5.74, 6) is -0.660. The lowest BCUT2D eigenvalue weighted by molar-refractivity contribution is -0.384. The molecule has 0 fully saturated rings. The van der Waals surface area contributed by atoms with Crippen LogP contribution >= 0.6 is 23.2 Å². The maximum Gasteiger partial charge on any atom is 0.271 e. The Morgan fingerprint density at radius 1 is 1.20 bits per heavy atom. The second kappa shape index (κ2) is 7.34. The SMILES string of the molecule is O=C(Cl)CN(c1cc([N+](=O)[O-])ccc1Cl)S(=O)(=O)c1ccc(F)cc1. The Kier molecular flexibility index (Phi) is 5.61. The van der Waals surface area contributed by atoms with E-state index in [1.807, 2.05) is 0 Å². The van der Waals surface area contributed by atoms with E-state index in [0.29, 0.717) is 4.31 Å². The molecule has 0 bridgehead atoms. The van der Waals surface area contributed by atoms with E-state index < -0.39 is 38.2 Å². The van der Waals surface area contributed by atoms with E-state index >= 15 is 0 Å². The third-order valence-corrected chi connectivity index (χ3v) is 5.29. The van der Waals surface area contributed by atoms with Gasteiger partial charge < -0.3 is 0 Å². The number of nitro benzene ring substituents is 1. The van der Waals surface area contributed by atoms with E-state index in [4.69, 9.17) is 23.2 Å². The highest BCUT2D eigenvalue weighted by molar-refractivity contribution is 7.92. The minimum absolute atomic E-state index is 0.144. The summed E-state index contributed by atoms with van der Waals surface area (Å²) >= 11 is 11.3. The van der Waals surface area contributed by atoms with Gasteiger partial charge >= 0.3 is 0 Å². The first kappa shape index (κ1) is 19.1. The largest absolute Gasteiger partial charge is 0.279 e. The van der Waals surface area contributed by atoms with Gasteiger partial charge in [-0.3, -0.25) is 19.2 Å². The number of carbonyl (C=O) groups excluding carboxylic acids is 1. The van der Waals surface area contributed by atoms with Crippen LogP contribution < -0.4 is 4.31 Å².